The lowest BCUT2D eigenvalue weighted by molar-refractivity contribution is 0.0991. The predicted molar refractivity (Wildman–Crippen MR) is 361 cm³/mol. The summed E-state index contributed by atoms with van der Waals surface area (Å²) in [6.07, 6.45) is 1.64. The highest BCUT2D eigenvalue weighted by atomic mass is 35.5. The lowest BCUT2D eigenvalue weighted by atomic mass is 10.1. The molecule has 9 rings (SSSR count). The lowest BCUT2D eigenvalue weighted by Crippen LogP contribution is -2.13. The molecule has 9 aromatic rings. The van der Waals surface area contributed by atoms with Crippen molar-refractivity contribution in [2.45, 2.75) is 67.2 Å². The highest BCUT2D eigenvalue weighted by Crippen LogP contribution is 2.26. The van der Waals surface area contributed by atoms with E-state index in [1.165, 1.54) is 25.3 Å². The number of aryl methyl sites for hydroxylation is 9. The molecule has 0 spiro atoms. The molecule has 15 N–H and O–H groups in total. The summed E-state index contributed by atoms with van der Waals surface area (Å²) in [6, 6.07) is 48.6. The Balaban J connectivity index is 0.000000513. The van der Waals surface area contributed by atoms with Crippen LogP contribution >= 0.6 is 23.2 Å². The van der Waals surface area contributed by atoms with Crippen LogP contribution in [0.15, 0.2) is 181 Å². The summed E-state index contributed by atoms with van der Waals surface area (Å²) < 4.78 is 36.4. The second-order valence-corrected chi connectivity index (χ2v) is 21.8. The first kappa shape index (κ1) is 78.8. The van der Waals surface area contributed by atoms with Crippen molar-refractivity contribution >= 4 is 62.7 Å². The van der Waals surface area contributed by atoms with Crippen molar-refractivity contribution in [3.63, 3.8) is 0 Å². The number of nitrogen functional groups attached to an aromatic ring is 1. The van der Waals surface area contributed by atoms with Crippen LogP contribution in [0.1, 0.15) is 91.8 Å². The molecule has 20 nitrogen and oxygen atoms in total. The Hall–Kier alpha value is -10.2. The molecule has 484 valence electrons. The summed E-state index contributed by atoms with van der Waals surface area (Å²) in [5, 5.41) is 33.5. The first-order chi connectivity index (χ1) is 42.6. The number of nitrogens with zero attached hydrogens (tertiary/aromatic N) is 2. The molecule has 91 heavy (non-hydrogen) atoms. The van der Waals surface area contributed by atoms with Gasteiger partial charge in [0.2, 0.25) is 33.7 Å². The number of aromatic hydroxyl groups is 3. The largest absolute Gasteiger partial charge is 0.508 e. The number of hydrogen-bond donors (Lipinski definition) is 9. The highest BCUT2D eigenvalue weighted by Gasteiger charge is 2.09. The van der Waals surface area contributed by atoms with Gasteiger partial charge in [0.25, 0.3) is 0 Å². The number of primary amides is 4. The lowest BCUT2D eigenvalue weighted by Gasteiger charge is -2.04. The van der Waals surface area contributed by atoms with Crippen molar-refractivity contribution in [2.24, 2.45) is 28.1 Å². The number of rotatable bonds is 8. The number of ether oxygens (including phenoxy) is 3. The number of carbonyl (C=O) groups is 4. The third-order valence-electron chi connectivity index (χ3n) is 11.9. The molecule has 0 bridgehead atoms. The van der Waals surface area contributed by atoms with E-state index in [0.29, 0.717) is 66.5 Å². The van der Waals surface area contributed by atoms with Gasteiger partial charge in [-0.05, 0) is 193 Å². The Labute approximate surface area is 542 Å². The van der Waals surface area contributed by atoms with Gasteiger partial charge < -0.3 is 58.2 Å². The van der Waals surface area contributed by atoms with Gasteiger partial charge >= 0.3 is 0 Å². The summed E-state index contributed by atoms with van der Waals surface area (Å²) in [6.45, 7) is 16.6. The molecule has 0 saturated carbocycles. The van der Waals surface area contributed by atoms with E-state index in [1.807, 2.05) is 109 Å². The molecular weight excluding hydrogens is 1220 g/mol. The molecule has 2 aromatic heterocycles. The molecule has 0 radical (unpaired) electrons. The van der Waals surface area contributed by atoms with Gasteiger partial charge in [0, 0.05) is 45.9 Å². The fourth-order valence-corrected chi connectivity index (χ4v) is 7.85. The molecule has 23 heteroatoms. The van der Waals surface area contributed by atoms with Crippen molar-refractivity contribution in [3.05, 3.63) is 259 Å². The number of nitrogens with two attached hydrogens (primary N) is 6. The molecular formula is C68H80Cl2N8O12S. The van der Waals surface area contributed by atoms with Gasteiger partial charge in [-0.15, -0.1) is 0 Å². The first-order valence-corrected chi connectivity index (χ1v) is 29.4. The third-order valence-corrected chi connectivity index (χ3v) is 13.6. The normalized spacial score (nSPS) is 9.66. The maximum Gasteiger partial charge on any atom is 0.249 e. The van der Waals surface area contributed by atoms with E-state index in [0.717, 1.165) is 39.2 Å². The van der Waals surface area contributed by atoms with Gasteiger partial charge in [0.15, 0.2) is 11.5 Å². The van der Waals surface area contributed by atoms with Crippen LogP contribution in [0.25, 0.3) is 0 Å². The number of amides is 4. The van der Waals surface area contributed by atoms with Crippen LogP contribution in [0.2, 0.25) is 10.0 Å². The summed E-state index contributed by atoms with van der Waals surface area (Å²) in [4.78, 5) is 50.7. The molecule has 0 saturated heterocycles. The van der Waals surface area contributed by atoms with E-state index >= 15 is 0 Å². The van der Waals surface area contributed by atoms with E-state index < -0.39 is 21.8 Å². The van der Waals surface area contributed by atoms with Gasteiger partial charge in [0.05, 0.1) is 36.3 Å². The standard InChI is InChI=1S/C9H11NO2.C8H9NO2.2C8H9NO.2C8H10O2.C7H9NO2S.C6H7ClN2.C6H6ClN/c1-6-3-4-7(12-2)5-8(6)9(10)11;1-5-4-6(8(9)11)2-3-7(5)10;1-6-3-2-4-7(5-6)8(9)10;1-6-4-2-3-5-7(6)8(9)10;1-6-3-4-7(10-2)5-8(6)9;1-6-3-4-8(10-2)7(9)5-6;1-6-4-2-3-5-7(6)11(8,9)10;1-4-2-3-5(7)6(8)9-4;1-5-2-3-6(7)4-8-5/h3-5H,1-2H3,(H2,10,11);2-4,10H,1H3,(H2,9,11);2*2-5H,1H3,(H2,9,10);2*3-5,9H,1-2H3;2-5H,1H3,(H2,8,9,10);2-3H,1H3,(H2,8,9);2-4H,1H3. The summed E-state index contributed by atoms with van der Waals surface area (Å²) in [5.41, 5.74) is 35.7. The molecule has 0 unspecified atom stereocenters. The zero-order valence-electron chi connectivity index (χ0n) is 52.8. The Morgan fingerprint density at radius 2 is 0.978 bits per heavy atom. The van der Waals surface area contributed by atoms with Crippen LogP contribution in [0.4, 0.5) is 5.82 Å². The summed E-state index contributed by atoms with van der Waals surface area (Å²) in [7, 11) is 1.12. The average Bonchev–Trinajstić information content (AvgIpc) is 1.34. The van der Waals surface area contributed by atoms with Crippen LogP contribution in [0.5, 0.6) is 34.5 Å². The number of phenols is 3. The number of hydrogen-bond acceptors (Lipinski definition) is 15. The number of carbonyl (C=O) groups excluding carboxylic acids is 4. The number of benzene rings is 7. The van der Waals surface area contributed by atoms with E-state index in [-0.39, 0.29) is 34.0 Å². The topological polar surface area (TPSA) is 373 Å². The minimum Gasteiger partial charge on any atom is -0.508 e. The van der Waals surface area contributed by atoms with Crippen LogP contribution in [0.3, 0.4) is 0 Å². The number of pyridine rings is 2. The summed E-state index contributed by atoms with van der Waals surface area (Å²) >= 11 is 11.1. The van der Waals surface area contributed by atoms with Crippen molar-refractivity contribution in [3.8, 4) is 34.5 Å². The minimum absolute atomic E-state index is 0.176. The van der Waals surface area contributed by atoms with E-state index in [9.17, 15) is 27.6 Å². The average molecular weight is 1300 g/mol. The van der Waals surface area contributed by atoms with E-state index in [4.69, 9.17) is 86.5 Å². The Bertz CT molecular complexity index is 3910. The second kappa shape index (κ2) is 40.4. The van der Waals surface area contributed by atoms with Crippen LogP contribution in [0, 0.1) is 62.3 Å². The molecule has 0 aliphatic heterocycles. The number of aromatic nitrogens is 2. The van der Waals surface area contributed by atoms with Crippen molar-refractivity contribution < 1.29 is 57.1 Å². The molecule has 2 heterocycles. The fraction of sp³-hybridized carbons (Fsp3) is 0.176. The number of phenolic OH excluding ortho intramolecular Hbond substituents is 3. The monoisotopic (exact) mass is 1300 g/mol. The Kier molecular flexibility index (Phi) is 35.0. The smallest absolute Gasteiger partial charge is 0.249 e. The quantitative estimate of drug-likeness (QED) is 0.0682. The molecule has 4 amide bonds. The fourth-order valence-electron chi connectivity index (χ4n) is 6.85. The Morgan fingerprint density at radius 3 is 1.40 bits per heavy atom. The van der Waals surface area contributed by atoms with Crippen molar-refractivity contribution in [1.29, 1.82) is 0 Å². The van der Waals surface area contributed by atoms with Gasteiger partial charge in [0.1, 0.15) is 28.8 Å². The second-order valence-electron chi connectivity index (χ2n) is 19.4. The van der Waals surface area contributed by atoms with Gasteiger partial charge in [-0.1, -0.05) is 95.5 Å². The minimum atomic E-state index is -3.53. The van der Waals surface area contributed by atoms with Crippen molar-refractivity contribution in [1.82, 2.24) is 9.97 Å². The zero-order chi connectivity index (χ0) is 69.1. The van der Waals surface area contributed by atoms with Crippen LogP contribution < -0.4 is 48.0 Å². The Morgan fingerprint density at radius 1 is 0.451 bits per heavy atom. The van der Waals surface area contributed by atoms with Crippen LogP contribution in [-0.4, -0.2) is 78.7 Å². The maximum atomic E-state index is 10.9. The molecule has 7 aromatic carbocycles. The number of anilines is 1. The molecule has 0 fully saturated rings. The molecule has 0 atom stereocenters. The first-order valence-electron chi connectivity index (χ1n) is 27.1. The SMILES string of the molecule is COc1ccc(C)c(C(N)=O)c1.COc1ccc(C)c(O)c1.COc1ccc(C)cc1O.Cc1cc(C(N)=O)ccc1O.Cc1ccc(Cl)c(N)n1.Cc1ccc(Cl)cn1.Cc1cccc(C(N)=O)c1.Cc1ccccc1C(N)=O.Cc1ccccc1S(N)(=O)=O. The zero-order valence-corrected chi connectivity index (χ0v) is 55.1. The van der Waals surface area contributed by atoms with E-state index in [1.54, 1.807) is 125 Å². The predicted octanol–water partition coefficient (Wildman–Crippen LogP) is 11.8. The van der Waals surface area contributed by atoms with Crippen molar-refractivity contribution in [2.75, 3.05) is 27.1 Å². The number of primary sulfonamides is 1. The highest BCUT2D eigenvalue weighted by molar-refractivity contribution is 7.89. The van der Waals surface area contributed by atoms with Gasteiger partial charge in [-0.3, -0.25) is 24.2 Å². The maximum absolute atomic E-state index is 10.9. The third kappa shape index (κ3) is 31.0. The molecule has 0 aliphatic carbocycles. The molecule has 0 aliphatic rings. The number of sulfonamides is 1. The summed E-state index contributed by atoms with van der Waals surface area (Å²) in [5.74, 6) is 1.26. The number of methoxy groups -OCH3 is 3. The van der Waals surface area contributed by atoms with Crippen LogP contribution in [-0.2, 0) is 10.0 Å². The van der Waals surface area contributed by atoms with E-state index in [2.05, 4.69) is 9.97 Å². The van der Waals surface area contributed by atoms with Gasteiger partial charge in [-0.2, -0.15) is 0 Å². The van der Waals surface area contributed by atoms with Gasteiger partial charge in [-0.25, -0.2) is 18.5 Å². The number of halogens is 2.